The summed E-state index contributed by atoms with van der Waals surface area (Å²) >= 11 is 0. The van der Waals surface area contributed by atoms with E-state index in [4.69, 9.17) is 9.47 Å². The fraction of sp³-hybridized carbons (Fsp3) is 0.435. The van der Waals surface area contributed by atoms with Gasteiger partial charge in [0.1, 0.15) is 11.5 Å². The number of Topliss-reactive ketones (excluding diaryl/α,β-unsaturated/α-hetero) is 1. The highest BCUT2D eigenvalue weighted by Gasteiger charge is 2.13. The molecule has 0 amide bonds. The van der Waals surface area contributed by atoms with E-state index in [0.29, 0.717) is 17.7 Å². The molecular formula is C23H33ClN2O5S. The van der Waals surface area contributed by atoms with Crippen LogP contribution in [-0.2, 0) is 16.4 Å². The number of sulfonamides is 1. The fourth-order valence-electron chi connectivity index (χ4n) is 3.28. The number of methoxy groups -OCH3 is 2. The van der Waals surface area contributed by atoms with Crippen molar-refractivity contribution in [3.05, 3.63) is 53.6 Å². The highest BCUT2D eigenvalue weighted by Crippen LogP contribution is 2.27. The summed E-state index contributed by atoms with van der Waals surface area (Å²) in [5.74, 6) is 1.28. The Morgan fingerprint density at radius 2 is 1.66 bits per heavy atom. The monoisotopic (exact) mass is 484 g/mol. The largest absolute Gasteiger partial charge is 0.496 e. The van der Waals surface area contributed by atoms with E-state index in [0.717, 1.165) is 50.8 Å². The molecule has 2 aromatic carbocycles. The molecule has 0 fully saturated rings. The molecule has 0 saturated heterocycles. The van der Waals surface area contributed by atoms with Gasteiger partial charge in [0.25, 0.3) is 0 Å². The summed E-state index contributed by atoms with van der Waals surface area (Å²) in [6, 6.07) is 12.8. The van der Waals surface area contributed by atoms with Gasteiger partial charge in [-0.3, -0.25) is 9.52 Å². The van der Waals surface area contributed by atoms with E-state index in [-0.39, 0.29) is 23.9 Å². The topological polar surface area (TPSA) is 93.7 Å². The van der Waals surface area contributed by atoms with E-state index >= 15 is 0 Å². The smallest absolute Gasteiger partial charge is 0.229 e. The third-order valence-electron chi connectivity index (χ3n) is 4.84. The first kappa shape index (κ1) is 27.7. The average molecular weight is 485 g/mol. The standard InChI is InChI=1S/C23H32N2O5S.ClH/c1-29-22-11-7-6-9-18(22)14-16-24-15-8-4-5-10-21(26)19-12-13-23(30-2)20(17-19)25-31(3,27)28;/h6-7,9,11-13,17,24-25H,4-5,8,10,14-16H2,1-3H3;1H. The lowest BCUT2D eigenvalue weighted by molar-refractivity contribution is 0.0979. The second kappa shape index (κ2) is 14.0. The van der Waals surface area contributed by atoms with Gasteiger partial charge in [0, 0.05) is 12.0 Å². The van der Waals surface area contributed by atoms with E-state index in [2.05, 4.69) is 16.1 Å². The Kier molecular flexibility index (Phi) is 12.1. The Balaban J connectivity index is 0.00000512. The Morgan fingerprint density at radius 3 is 2.34 bits per heavy atom. The number of nitrogens with one attached hydrogen (secondary N) is 2. The number of carbonyl (C=O) groups excluding carboxylic acids is 1. The van der Waals surface area contributed by atoms with Crippen molar-refractivity contribution in [1.82, 2.24) is 5.32 Å². The number of hydrogen-bond acceptors (Lipinski definition) is 6. The fourth-order valence-corrected chi connectivity index (χ4v) is 3.83. The molecule has 0 saturated carbocycles. The van der Waals surface area contributed by atoms with Crippen LogP contribution in [0.3, 0.4) is 0 Å². The van der Waals surface area contributed by atoms with E-state index < -0.39 is 10.0 Å². The van der Waals surface area contributed by atoms with Gasteiger partial charge in [-0.2, -0.15) is 0 Å². The zero-order valence-corrected chi connectivity index (χ0v) is 20.5. The number of unbranched alkanes of at least 4 members (excludes halogenated alkanes) is 2. The summed E-state index contributed by atoms with van der Waals surface area (Å²) in [6.45, 7) is 1.77. The van der Waals surface area contributed by atoms with Crippen molar-refractivity contribution in [2.24, 2.45) is 0 Å². The highest BCUT2D eigenvalue weighted by atomic mass is 35.5. The summed E-state index contributed by atoms with van der Waals surface area (Å²) in [6.07, 6.45) is 5.11. The van der Waals surface area contributed by atoms with Gasteiger partial charge in [-0.25, -0.2) is 8.42 Å². The zero-order valence-electron chi connectivity index (χ0n) is 18.8. The maximum absolute atomic E-state index is 12.5. The predicted octanol–water partition coefficient (Wildman–Crippen LogP) is 4.07. The van der Waals surface area contributed by atoms with Crippen LogP contribution in [0.2, 0.25) is 0 Å². The Labute approximate surface area is 197 Å². The van der Waals surface area contributed by atoms with Crippen LogP contribution in [-0.4, -0.2) is 47.8 Å². The van der Waals surface area contributed by atoms with Crippen LogP contribution in [0.1, 0.15) is 41.6 Å². The van der Waals surface area contributed by atoms with Crippen molar-refractivity contribution in [2.75, 3.05) is 38.3 Å². The molecular weight excluding hydrogens is 452 g/mol. The van der Waals surface area contributed by atoms with E-state index in [1.807, 2.05) is 18.2 Å². The number of rotatable bonds is 14. The normalized spacial score (nSPS) is 10.8. The molecule has 32 heavy (non-hydrogen) atoms. The number of ether oxygens (including phenoxy) is 2. The lowest BCUT2D eigenvalue weighted by atomic mass is 10.0. The lowest BCUT2D eigenvalue weighted by Crippen LogP contribution is -2.18. The first-order valence-corrected chi connectivity index (χ1v) is 12.2. The minimum absolute atomic E-state index is 0. The summed E-state index contributed by atoms with van der Waals surface area (Å²) in [7, 11) is -0.325. The molecule has 2 aromatic rings. The maximum atomic E-state index is 12.5. The summed E-state index contributed by atoms with van der Waals surface area (Å²) in [5, 5.41) is 3.43. The van der Waals surface area contributed by atoms with E-state index in [1.165, 1.54) is 18.7 Å². The molecule has 0 aliphatic carbocycles. The third-order valence-corrected chi connectivity index (χ3v) is 5.43. The number of benzene rings is 2. The molecule has 0 spiro atoms. The minimum Gasteiger partial charge on any atom is -0.496 e. The van der Waals surface area contributed by atoms with Crippen molar-refractivity contribution < 1.29 is 22.7 Å². The van der Waals surface area contributed by atoms with Gasteiger partial charge in [0.15, 0.2) is 5.78 Å². The van der Waals surface area contributed by atoms with Gasteiger partial charge in [-0.1, -0.05) is 24.6 Å². The first-order valence-electron chi connectivity index (χ1n) is 10.4. The summed E-state index contributed by atoms with van der Waals surface area (Å²) in [5.41, 5.74) is 1.93. The van der Waals surface area contributed by atoms with Crippen molar-refractivity contribution in [2.45, 2.75) is 32.1 Å². The van der Waals surface area contributed by atoms with Crippen molar-refractivity contribution in [3.63, 3.8) is 0 Å². The molecule has 0 aliphatic rings. The van der Waals surface area contributed by atoms with Crippen LogP contribution in [0.25, 0.3) is 0 Å². The van der Waals surface area contributed by atoms with Gasteiger partial charge < -0.3 is 14.8 Å². The van der Waals surface area contributed by atoms with Crippen LogP contribution < -0.4 is 19.5 Å². The van der Waals surface area contributed by atoms with Crippen molar-refractivity contribution >= 4 is 33.9 Å². The van der Waals surface area contributed by atoms with Gasteiger partial charge in [0.2, 0.25) is 10.0 Å². The molecule has 0 aliphatic heterocycles. The van der Waals surface area contributed by atoms with E-state index in [9.17, 15) is 13.2 Å². The van der Waals surface area contributed by atoms with Gasteiger partial charge in [-0.05, 0) is 62.2 Å². The number of carbonyl (C=O) groups is 1. The zero-order chi connectivity index (χ0) is 22.7. The first-order chi connectivity index (χ1) is 14.8. The molecule has 0 radical (unpaired) electrons. The lowest BCUT2D eigenvalue weighted by Gasteiger charge is -2.11. The Morgan fingerprint density at radius 1 is 0.938 bits per heavy atom. The van der Waals surface area contributed by atoms with Gasteiger partial charge in [-0.15, -0.1) is 12.4 Å². The second-order valence-electron chi connectivity index (χ2n) is 7.33. The highest BCUT2D eigenvalue weighted by molar-refractivity contribution is 7.92. The Hall–Kier alpha value is -2.29. The summed E-state index contributed by atoms with van der Waals surface area (Å²) in [4.78, 5) is 12.5. The maximum Gasteiger partial charge on any atom is 0.229 e. The molecule has 178 valence electrons. The van der Waals surface area contributed by atoms with Crippen molar-refractivity contribution in [1.29, 1.82) is 0 Å². The molecule has 9 heteroatoms. The number of ketones is 1. The van der Waals surface area contributed by atoms with Crippen LogP contribution in [0, 0.1) is 0 Å². The van der Waals surface area contributed by atoms with Crippen LogP contribution >= 0.6 is 12.4 Å². The number of hydrogen-bond donors (Lipinski definition) is 2. The quantitative estimate of drug-likeness (QED) is 0.310. The van der Waals surface area contributed by atoms with E-state index in [1.54, 1.807) is 19.2 Å². The second-order valence-corrected chi connectivity index (χ2v) is 9.08. The van der Waals surface area contributed by atoms with Crippen molar-refractivity contribution in [3.8, 4) is 11.5 Å². The van der Waals surface area contributed by atoms with Gasteiger partial charge >= 0.3 is 0 Å². The molecule has 0 aromatic heterocycles. The SMILES string of the molecule is COc1ccccc1CCNCCCCCC(=O)c1ccc(OC)c(NS(C)(=O)=O)c1.Cl. The third kappa shape index (κ3) is 9.46. The van der Waals surface area contributed by atoms with Crippen LogP contribution in [0.5, 0.6) is 11.5 Å². The molecule has 0 bridgehead atoms. The van der Waals surface area contributed by atoms with Crippen LogP contribution in [0.15, 0.2) is 42.5 Å². The molecule has 2 rings (SSSR count). The summed E-state index contributed by atoms with van der Waals surface area (Å²) < 4.78 is 35.9. The molecule has 0 atom stereocenters. The molecule has 0 unspecified atom stereocenters. The van der Waals surface area contributed by atoms with Crippen LogP contribution in [0.4, 0.5) is 5.69 Å². The van der Waals surface area contributed by atoms with Gasteiger partial charge in [0.05, 0.1) is 26.2 Å². The number of anilines is 1. The Bertz CT molecular complexity index is 967. The average Bonchev–Trinajstić information content (AvgIpc) is 2.74. The molecule has 0 heterocycles. The minimum atomic E-state index is -3.46. The number of halogens is 1. The molecule has 7 nitrogen and oxygen atoms in total. The predicted molar refractivity (Wildman–Crippen MR) is 131 cm³/mol. The number of para-hydroxylation sites is 1. The molecule has 2 N–H and O–H groups in total.